The second kappa shape index (κ2) is 5.89. The topological polar surface area (TPSA) is 67.0 Å². The lowest BCUT2D eigenvalue weighted by atomic mass is 9.78. The highest BCUT2D eigenvalue weighted by Crippen LogP contribution is 2.40. The van der Waals surface area contributed by atoms with Crippen LogP contribution in [-0.2, 0) is 16.9 Å². The number of H-pyrrole nitrogens is 1. The molecule has 2 saturated carbocycles. The summed E-state index contributed by atoms with van der Waals surface area (Å²) in [6.07, 6.45) is 6.65. The Morgan fingerprint density at radius 2 is 2.29 bits per heavy atom. The fraction of sp³-hybridized carbons (Fsp3) is 0.750. The van der Waals surface area contributed by atoms with Gasteiger partial charge in [-0.15, -0.1) is 0 Å². The van der Waals surface area contributed by atoms with E-state index in [0.29, 0.717) is 24.3 Å². The van der Waals surface area contributed by atoms with Crippen molar-refractivity contribution in [1.82, 2.24) is 15.3 Å². The number of rotatable bonds is 5. The lowest BCUT2D eigenvalue weighted by Gasteiger charge is -2.38. The van der Waals surface area contributed by atoms with E-state index in [2.05, 4.69) is 17.2 Å². The minimum absolute atomic E-state index is 0.0813. The SMILES string of the molecule is COC1(c2nc(CNC3CC3)cc(=O)[nH]2)CCCC(C)C1. The summed E-state index contributed by atoms with van der Waals surface area (Å²) in [7, 11) is 1.73. The van der Waals surface area contributed by atoms with Gasteiger partial charge in [-0.25, -0.2) is 4.98 Å². The van der Waals surface area contributed by atoms with Crippen molar-refractivity contribution >= 4 is 0 Å². The van der Waals surface area contributed by atoms with E-state index < -0.39 is 5.60 Å². The Morgan fingerprint density at radius 1 is 1.48 bits per heavy atom. The Bertz CT molecular complexity index is 553. The lowest BCUT2D eigenvalue weighted by Crippen LogP contribution is -2.38. The van der Waals surface area contributed by atoms with Gasteiger partial charge >= 0.3 is 0 Å². The molecule has 2 fully saturated rings. The summed E-state index contributed by atoms with van der Waals surface area (Å²) in [5.41, 5.74) is 0.310. The molecule has 2 unspecified atom stereocenters. The quantitative estimate of drug-likeness (QED) is 0.871. The summed E-state index contributed by atoms with van der Waals surface area (Å²) in [5.74, 6) is 1.30. The van der Waals surface area contributed by atoms with Crippen molar-refractivity contribution in [3.8, 4) is 0 Å². The van der Waals surface area contributed by atoms with Gasteiger partial charge in [-0.3, -0.25) is 4.79 Å². The molecule has 5 heteroatoms. The Hall–Kier alpha value is -1.20. The number of ether oxygens (including phenoxy) is 1. The van der Waals surface area contributed by atoms with Crippen molar-refractivity contribution in [2.45, 2.75) is 63.6 Å². The lowest BCUT2D eigenvalue weighted by molar-refractivity contribution is -0.0649. The van der Waals surface area contributed by atoms with Gasteiger partial charge in [0.25, 0.3) is 5.56 Å². The molecule has 1 aromatic rings. The maximum atomic E-state index is 12.0. The maximum absolute atomic E-state index is 12.0. The van der Waals surface area contributed by atoms with E-state index in [1.165, 1.54) is 19.3 Å². The molecule has 0 aromatic carbocycles. The van der Waals surface area contributed by atoms with Crippen LogP contribution in [0.25, 0.3) is 0 Å². The maximum Gasteiger partial charge on any atom is 0.251 e. The molecule has 0 bridgehead atoms. The summed E-state index contributed by atoms with van der Waals surface area (Å²) >= 11 is 0. The summed E-state index contributed by atoms with van der Waals surface area (Å²) < 4.78 is 5.83. The van der Waals surface area contributed by atoms with E-state index in [4.69, 9.17) is 9.72 Å². The van der Waals surface area contributed by atoms with Crippen LogP contribution in [0.2, 0.25) is 0 Å². The molecule has 21 heavy (non-hydrogen) atoms. The molecule has 2 aliphatic rings. The van der Waals surface area contributed by atoms with Crippen molar-refractivity contribution in [1.29, 1.82) is 0 Å². The zero-order valence-corrected chi connectivity index (χ0v) is 12.9. The van der Waals surface area contributed by atoms with Crippen LogP contribution in [0.1, 0.15) is 57.0 Å². The predicted octanol–water partition coefficient (Wildman–Crippen LogP) is 2.07. The van der Waals surface area contributed by atoms with Crippen molar-refractivity contribution in [3.05, 3.63) is 27.9 Å². The summed E-state index contributed by atoms with van der Waals surface area (Å²) in [4.78, 5) is 19.6. The Morgan fingerprint density at radius 3 is 2.95 bits per heavy atom. The first-order valence-corrected chi connectivity index (χ1v) is 8.00. The fourth-order valence-electron chi connectivity index (χ4n) is 3.35. The van der Waals surface area contributed by atoms with Gasteiger partial charge in [-0.1, -0.05) is 13.3 Å². The molecular weight excluding hydrogens is 266 g/mol. The fourth-order valence-corrected chi connectivity index (χ4v) is 3.35. The van der Waals surface area contributed by atoms with Gasteiger partial charge in [0.05, 0.1) is 5.69 Å². The molecule has 0 radical (unpaired) electrons. The average Bonchev–Trinajstić information content (AvgIpc) is 3.28. The van der Waals surface area contributed by atoms with Crippen LogP contribution in [0.3, 0.4) is 0 Å². The first-order chi connectivity index (χ1) is 10.1. The summed E-state index contributed by atoms with van der Waals surface area (Å²) in [5, 5.41) is 3.41. The van der Waals surface area contributed by atoms with Gasteiger partial charge in [0.2, 0.25) is 0 Å². The van der Waals surface area contributed by atoms with E-state index in [1.54, 1.807) is 13.2 Å². The van der Waals surface area contributed by atoms with Crippen molar-refractivity contribution < 1.29 is 4.74 Å². The highest BCUT2D eigenvalue weighted by molar-refractivity contribution is 5.11. The molecule has 3 rings (SSSR count). The molecule has 116 valence electrons. The van der Waals surface area contributed by atoms with Crippen LogP contribution >= 0.6 is 0 Å². The number of aromatic amines is 1. The van der Waals surface area contributed by atoms with Gasteiger partial charge in [-0.2, -0.15) is 0 Å². The second-order valence-corrected chi connectivity index (χ2v) is 6.64. The van der Waals surface area contributed by atoms with E-state index >= 15 is 0 Å². The molecule has 2 N–H and O–H groups in total. The smallest absolute Gasteiger partial charge is 0.251 e. The second-order valence-electron chi connectivity index (χ2n) is 6.64. The molecule has 0 saturated heterocycles. The van der Waals surface area contributed by atoms with Crippen LogP contribution in [0.15, 0.2) is 10.9 Å². The molecule has 2 aliphatic carbocycles. The Balaban J connectivity index is 1.86. The Labute approximate surface area is 125 Å². The van der Waals surface area contributed by atoms with E-state index in [0.717, 1.165) is 25.0 Å². The monoisotopic (exact) mass is 291 g/mol. The molecule has 1 heterocycles. The number of nitrogens with zero attached hydrogens (tertiary/aromatic N) is 1. The normalized spacial score (nSPS) is 29.5. The number of hydrogen-bond donors (Lipinski definition) is 2. The standard InChI is InChI=1S/C16H25N3O2/c1-11-4-3-7-16(9-11,21-2)15-18-13(8-14(20)19-15)10-17-12-5-6-12/h8,11-12,17H,3-7,9-10H2,1-2H3,(H,18,19,20). The minimum Gasteiger partial charge on any atom is -0.370 e. The van der Waals surface area contributed by atoms with Crippen LogP contribution in [-0.4, -0.2) is 23.1 Å². The third-order valence-corrected chi connectivity index (χ3v) is 4.72. The zero-order valence-electron chi connectivity index (χ0n) is 12.9. The van der Waals surface area contributed by atoms with Gasteiger partial charge in [0.15, 0.2) is 0 Å². The first kappa shape index (κ1) is 14.7. The van der Waals surface area contributed by atoms with Crippen LogP contribution in [0.4, 0.5) is 0 Å². The van der Waals surface area contributed by atoms with Gasteiger partial charge in [0, 0.05) is 25.8 Å². The number of nitrogens with one attached hydrogen (secondary N) is 2. The largest absolute Gasteiger partial charge is 0.370 e. The molecule has 0 aliphatic heterocycles. The molecule has 5 nitrogen and oxygen atoms in total. The predicted molar refractivity (Wildman–Crippen MR) is 81.0 cm³/mol. The van der Waals surface area contributed by atoms with Crippen LogP contribution < -0.4 is 10.9 Å². The number of aromatic nitrogens is 2. The van der Waals surface area contributed by atoms with Gasteiger partial charge in [0.1, 0.15) is 11.4 Å². The zero-order chi connectivity index (χ0) is 14.9. The third-order valence-electron chi connectivity index (χ3n) is 4.72. The summed E-state index contributed by atoms with van der Waals surface area (Å²) in [6.45, 7) is 2.90. The van der Waals surface area contributed by atoms with Crippen LogP contribution in [0.5, 0.6) is 0 Å². The molecule has 2 atom stereocenters. The summed E-state index contributed by atoms with van der Waals surface area (Å²) in [6, 6.07) is 2.20. The van der Waals surface area contributed by atoms with Gasteiger partial charge < -0.3 is 15.0 Å². The third kappa shape index (κ3) is 3.35. The number of hydrogen-bond acceptors (Lipinski definition) is 4. The molecular formula is C16H25N3O2. The Kier molecular flexibility index (Phi) is 4.13. The van der Waals surface area contributed by atoms with E-state index in [1.807, 2.05) is 0 Å². The average molecular weight is 291 g/mol. The molecule has 0 spiro atoms. The highest BCUT2D eigenvalue weighted by Gasteiger charge is 2.39. The van der Waals surface area contributed by atoms with E-state index in [9.17, 15) is 4.79 Å². The van der Waals surface area contributed by atoms with Crippen molar-refractivity contribution in [3.63, 3.8) is 0 Å². The highest BCUT2D eigenvalue weighted by atomic mass is 16.5. The minimum atomic E-state index is -0.424. The number of methoxy groups -OCH3 is 1. The van der Waals surface area contributed by atoms with Crippen LogP contribution in [0, 0.1) is 5.92 Å². The molecule has 1 aromatic heterocycles. The van der Waals surface area contributed by atoms with Gasteiger partial charge in [-0.05, 0) is 38.0 Å². The first-order valence-electron chi connectivity index (χ1n) is 8.00. The van der Waals surface area contributed by atoms with E-state index in [-0.39, 0.29) is 5.56 Å². The molecule has 0 amide bonds. The van der Waals surface area contributed by atoms with Crippen molar-refractivity contribution in [2.24, 2.45) is 5.92 Å². The van der Waals surface area contributed by atoms with Crippen molar-refractivity contribution in [2.75, 3.05) is 7.11 Å².